The number of rotatable bonds is 8. The van der Waals surface area contributed by atoms with Crippen molar-refractivity contribution in [1.82, 2.24) is 9.47 Å². The second-order valence-corrected chi connectivity index (χ2v) is 10.2. The van der Waals surface area contributed by atoms with Crippen molar-refractivity contribution < 1.29 is 28.8 Å². The summed E-state index contributed by atoms with van der Waals surface area (Å²) in [5.41, 5.74) is 1.91. The number of ether oxygens (including phenoxy) is 4. The molecule has 1 aromatic heterocycles. The molecule has 5 rings (SSSR count). The van der Waals surface area contributed by atoms with Gasteiger partial charge in [-0.15, -0.1) is 0 Å². The van der Waals surface area contributed by atoms with E-state index in [1.807, 2.05) is 16.7 Å². The molecule has 0 radical (unpaired) electrons. The molecule has 3 aliphatic rings. The molecule has 9 nitrogen and oxygen atoms in total. The molecule has 0 saturated carbocycles. The lowest BCUT2D eigenvalue weighted by atomic mass is 9.87. The Balaban J connectivity index is 1.33. The van der Waals surface area contributed by atoms with Gasteiger partial charge in [-0.05, 0) is 36.5 Å². The molecule has 1 aromatic carbocycles. The molecule has 9 heteroatoms. The van der Waals surface area contributed by atoms with Crippen LogP contribution >= 0.6 is 0 Å². The zero-order chi connectivity index (χ0) is 25.4. The Bertz CT molecular complexity index is 1200. The third-order valence-electron chi connectivity index (χ3n) is 7.49. The van der Waals surface area contributed by atoms with E-state index in [0.717, 1.165) is 43.6 Å². The minimum absolute atomic E-state index is 0.0231. The Morgan fingerprint density at radius 1 is 1.22 bits per heavy atom. The molecule has 2 fully saturated rings. The van der Waals surface area contributed by atoms with Crippen molar-refractivity contribution in [1.29, 1.82) is 0 Å². The molecule has 2 saturated heterocycles. The molecule has 2 aromatic rings. The first kappa shape index (κ1) is 24.8. The van der Waals surface area contributed by atoms with Crippen molar-refractivity contribution in [3.63, 3.8) is 0 Å². The Hall–Kier alpha value is -2.88. The highest BCUT2D eigenvalue weighted by atomic mass is 16.7. The standard InChI is InChI=1S/C27H34N2O7/c1-17(2)21-11-18-12-25(34-8-4-6-28-7-5-27(16-28)35-9-10-36-27)24(33-3)13-19(18)22-14-23(30)20(26(31)32)15-29(21)22/h12-15,17,21H,4-11,16H2,1-3H3,(H,31,32)/t21-/m0/s1. The van der Waals surface area contributed by atoms with Crippen LogP contribution in [0.25, 0.3) is 11.3 Å². The van der Waals surface area contributed by atoms with Gasteiger partial charge in [0.05, 0.1) is 39.2 Å². The summed E-state index contributed by atoms with van der Waals surface area (Å²) < 4.78 is 25.3. The van der Waals surface area contributed by atoms with Crippen LogP contribution in [0.1, 0.15) is 48.7 Å². The summed E-state index contributed by atoms with van der Waals surface area (Å²) in [6, 6.07) is 5.35. The number of carboxylic acids is 1. The van der Waals surface area contributed by atoms with Gasteiger partial charge in [-0.2, -0.15) is 0 Å². The van der Waals surface area contributed by atoms with Crippen LogP contribution in [0.3, 0.4) is 0 Å². The zero-order valence-corrected chi connectivity index (χ0v) is 21.1. The predicted molar refractivity (Wildman–Crippen MR) is 133 cm³/mol. The van der Waals surface area contributed by atoms with Crippen LogP contribution in [-0.2, 0) is 15.9 Å². The maximum atomic E-state index is 12.5. The van der Waals surface area contributed by atoms with Gasteiger partial charge in [0, 0.05) is 43.4 Å². The predicted octanol–water partition coefficient (Wildman–Crippen LogP) is 3.19. The summed E-state index contributed by atoms with van der Waals surface area (Å²) in [6.45, 7) is 8.76. The van der Waals surface area contributed by atoms with Crippen LogP contribution < -0.4 is 14.9 Å². The fraction of sp³-hybridized carbons (Fsp3) is 0.556. The molecule has 36 heavy (non-hydrogen) atoms. The van der Waals surface area contributed by atoms with Crippen molar-refractivity contribution in [2.45, 2.75) is 44.9 Å². The summed E-state index contributed by atoms with van der Waals surface area (Å²) in [7, 11) is 1.60. The summed E-state index contributed by atoms with van der Waals surface area (Å²) in [4.78, 5) is 26.5. The molecular weight excluding hydrogens is 464 g/mol. The molecule has 0 amide bonds. The number of aromatic nitrogens is 1. The maximum absolute atomic E-state index is 12.5. The molecule has 1 N–H and O–H groups in total. The number of carbonyl (C=O) groups is 1. The lowest BCUT2D eigenvalue weighted by molar-refractivity contribution is -0.145. The largest absolute Gasteiger partial charge is 0.493 e. The summed E-state index contributed by atoms with van der Waals surface area (Å²) >= 11 is 0. The monoisotopic (exact) mass is 498 g/mol. The van der Waals surface area contributed by atoms with E-state index in [9.17, 15) is 14.7 Å². The average molecular weight is 499 g/mol. The zero-order valence-electron chi connectivity index (χ0n) is 21.1. The number of nitrogens with zero attached hydrogens (tertiary/aromatic N) is 2. The van der Waals surface area contributed by atoms with Gasteiger partial charge >= 0.3 is 5.97 Å². The molecule has 3 aliphatic heterocycles. The summed E-state index contributed by atoms with van der Waals surface area (Å²) in [5, 5.41) is 9.47. The van der Waals surface area contributed by atoms with Gasteiger partial charge in [0.1, 0.15) is 5.56 Å². The summed E-state index contributed by atoms with van der Waals surface area (Å²) in [5.74, 6) is -0.108. The quantitative estimate of drug-likeness (QED) is 0.554. The molecule has 0 unspecified atom stereocenters. The molecule has 194 valence electrons. The second-order valence-electron chi connectivity index (χ2n) is 10.2. The molecular formula is C27H34N2O7. The highest BCUT2D eigenvalue weighted by Gasteiger charge is 2.42. The van der Waals surface area contributed by atoms with E-state index in [4.69, 9.17) is 18.9 Å². The fourth-order valence-corrected chi connectivity index (χ4v) is 5.58. The lowest BCUT2D eigenvalue weighted by Crippen LogP contribution is -2.34. The van der Waals surface area contributed by atoms with Crippen LogP contribution in [0.4, 0.5) is 0 Å². The SMILES string of the molecule is COc1cc2c(cc1OCCCN1CCC3(C1)OCCO3)C[C@@H](C(C)C)n1cc(C(=O)O)c(=O)cc1-2. The molecule has 1 spiro atoms. The Morgan fingerprint density at radius 2 is 2.00 bits per heavy atom. The number of benzene rings is 1. The number of fused-ring (bicyclic) bond motifs is 3. The fourth-order valence-electron chi connectivity index (χ4n) is 5.58. The highest BCUT2D eigenvalue weighted by Crippen LogP contribution is 2.42. The minimum atomic E-state index is -1.21. The van der Waals surface area contributed by atoms with E-state index < -0.39 is 17.2 Å². The first-order chi connectivity index (χ1) is 17.3. The first-order valence-electron chi connectivity index (χ1n) is 12.6. The minimum Gasteiger partial charge on any atom is -0.493 e. The number of pyridine rings is 1. The van der Waals surface area contributed by atoms with Crippen LogP contribution in [0, 0.1) is 5.92 Å². The van der Waals surface area contributed by atoms with E-state index in [2.05, 4.69) is 18.7 Å². The van der Waals surface area contributed by atoms with Gasteiger partial charge in [0.25, 0.3) is 0 Å². The Labute approximate surface area is 210 Å². The number of aromatic carboxylic acids is 1. The second kappa shape index (κ2) is 9.88. The van der Waals surface area contributed by atoms with Crippen molar-refractivity contribution in [3.8, 4) is 22.8 Å². The topological polar surface area (TPSA) is 99.5 Å². The molecule has 0 aliphatic carbocycles. The third kappa shape index (κ3) is 4.63. The number of carboxylic acid groups (broad SMARTS) is 1. The van der Waals surface area contributed by atoms with E-state index in [1.54, 1.807) is 7.11 Å². The molecule has 1 atom stereocenters. The smallest absolute Gasteiger partial charge is 0.341 e. The van der Waals surface area contributed by atoms with E-state index in [-0.39, 0.29) is 17.5 Å². The normalized spacial score (nSPS) is 20.5. The van der Waals surface area contributed by atoms with Gasteiger partial charge in [-0.3, -0.25) is 9.69 Å². The van der Waals surface area contributed by atoms with Crippen LogP contribution in [0.15, 0.2) is 29.2 Å². The van der Waals surface area contributed by atoms with Crippen molar-refractivity contribution in [3.05, 3.63) is 45.7 Å². The van der Waals surface area contributed by atoms with Gasteiger partial charge in [0.2, 0.25) is 0 Å². The van der Waals surface area contributed by atoms with Gasteiger partial charge in [0.15, 0.2) is 22.7 Å². The van der Waals surface area contributed by atoms with Gasteiger partial charge in [-0.1, -0.05) is 13.8 Å². The lowest BCUT2D eigenvalue weighted by Gasteiger charge is -2.33. The van der Waals surface area contributed by atoms with Gasteiger partial charge < -0.3 is 28.6 Å². The maximum Gasteiger partial charge on any atom is 0.341 e. The first-order valence-corrected chi connectivity index (χ1v) is 12.6. The van der Waals surface area contributed by atoms with Crippen LogP contribution in [0.5, 0.6) is 11.5 Å². The molecule has 4 heterocycles. The van der Waals surface area contributed by atoms with E-state index in [0.29, 0.717) is 43.4 Å². The van der Waals surface area contributed by atoms with E-state index in [1.165, 1.54) is 12.3 Å². The van der Waals surface area contributed by atoms with Crippen LogP contribution in [-0.4, -0.2) is 72.9 Å². The average Bonchev–Trinajstić information content (AvgIpc) is 3.49. The Kier molecular flexibility index (Phi) is 6.80. The van der Waals surface area contributed by atoms with Crippen LogP contribution in [0.2, 0.25) is 0 Å². The number of methoxy groups -OCH3 is 1. The molecule has 0 bridgehead atoms. The van der Waals surface area contributed by atoms with Gasteiger partial charge in [-0.25, -0.2) is 4.79 Å². The number of hydrogen-bond donors (Lipinski definition) is 1. The summed E-state index contributed by atoms with van der Waals surface area (Å²) in [6.07, 6.45) is 3.95. The highest BCUT2D eigenvalue weighted by molar-refractivity contribution is 5.88. The van der Waals surface area contributed by atoms with E-state index >= 15 is 0 Å². The third-order valence-corrected chi connectivity index (χ3v) is 7.49. The Morgan fingerprint density at radius 3 is 2.69 bits per heavy atom. The van der Waals surface area contributed by atoms with Crippen molar-refractivity contribution in [2.75, 3.05) is 46.6 Å². The number of hydrogen-bond acceptors (Lipinski definition) is 7. The van der Waals surface area contributed by atoms with Crippen molar-refractivity contribution in [2.24, 2.45) is 5.92 Å². The number of likely N-dealkylation sites (tertiary alicyclic amines) is 1. The van der Waals surface area contributed by atoms with Crippen molar-refractivity contribution >= 4 is 5.97 Å².